The quantitative estimate of drug-likeness (QED) is 0.841. The average Bonchev–Trinajstić information content (AvgIpc) is 2.34. The first kappa shape index (κ1) is 13.9. The molecule has 0 saturated heterocycles. The van der Waals surface area contributed by atoms with Gasteiger partial charge in [0.05, 0.1) is 0 Å². The molecule has 0 fully saturated rings. The lowest BCUT2D eigenvalue weighted by atomic mass is 10.2. The summed E-state index contributed by atoms with van der Waals surface area (Å²) in [7, 11) is 1.93. The van der Waals surface area contributed by atoms with Crippen LogP contribution in [0.5, 0.6) is 0 Å². The summed E-state index contributed by atoms with van der Waals surface area (Å²) in [6, 6.07) is 14.3. The van der Waals surface area contributed by atoms with Gasteiger partial charge in [-0.2, -0.15) is 0 Å². The van der Waals surface area contributed by atoms with E-state index >= 15 is 0 Å². The molecule has 1 nitrogen and oxygen atoms in total. The van der Waals surface area contributed by atoms with E-state index in [0.29, 0.717) is 0 Å². The summed E-state index contributed by atoms with van der Waals surface area (Å²) < 4.78 is 1.09. The van der Waals surface area contributed by atoms with Gasteiger partial charge in [0.1, 0.15) is 0 Å². The molecular formula is C14H13BrClNS. The zero-order valence-corrected chi connectivity index (χ0v) is 13.1. The van der Waals surface area contributed by atoms with Crippen LogP contribution in [0.3, 0.4) is 0 Å². The molecule has 0 aliphatic carbocycles. The summed E-state index contributed by atoms with van der Waals surface area (Å²) in [5.74, 6) is 0. The molecule has 2 aromatic rings. The molecule has 0 radical (unpaired) electrons. The van der Waals surface area contributed by atoms with E-state index in [1.54, 1.807) is 11.8 Å². The number of hydrogen-bond acceptors (Lipinski definition) is 2. The third kappa shape index (κ3) is 3.51. The van der Waals surface area contributed by atoms with Gasteiger partial charge in [-0.3, -0.25) is 0 Å². The van der Waals surface area contributed by atoms with Crippen molar-refractivity contribution in [3.63, 3.8) is 0 Å². The van der Waals surface area contributed by atoms with E-state index in [9.17, 15) is 0 Å². The first-order valence-corrected chi connectivity index (χ1v) is 7.55. The van der Waals surface area contributed by atoms with Crippen LogP contribution in [0.2, 0.25) is 5.02 Å². The van der Waals surface area contributed by atoms with E-state index in [1.165, 1.54) is 9.79 Å². The summed E-state index contributed by atoms with van der Waals surface area (Å²) in [4.78, 5) is 2.39. The molecule has 1 N–H and O–H groups in total. The van der Waals surface area contributed by atoms with Crippen LogP contribution in [0.4, 0.5) is 0 Å². The van der Waals surface area contributed by atoms with Crippen molar-refractivity contribution in [3.8, 4) is 0 Å². The van der Waals surface area contributed by atoms with Gasteiger partial charge in [0.15, 0.2) is 0 Å². The zero-order valence-electron chi connectivity index (χ0n) is 9.91. The van der Waals surface area contributed by atoms with Crippen molar-refractivity contribution in [2.75, 3.05) is 7.05 Å². The van der Waals surface area contributed by atoms with Crippen LogP contribution in [-0.2, 0) is 6.54 Å². The van der Waals surface area contributed by atoms with Crippen LogP contribution in [0.15, 0.2) is 56.7 Å². The number of rotatable bonds is 4. The Balaban J connectivity index is 2.31. The largest absolute Gasteiger partial charge is 0.316 e. The molecule has 94 valence electrons. The fraction of sp³-hybridized carbons (Fsp3) is 0.143. The Morgan fingerprint density at radius 2 is 2.00 bits per heavy atom. The number of hydrogen-bond donors (Lipinski definition) is 1. The summed E-state index contributed by atoms with van der Waals surface area (Å²) >= 11 is 11.5. The van der Waals surface area contributed by atoms with Gasteiger partial charge in [-0.05, 0) is 42.9 Å². The fourth-order valence-electron chi connectivity index (χ4n) is 1.64. The molecule has 0 aromatic heterocycles. The normalized spacial score (nSPS) is 10.6. The molecule has 0 saturated carbocycles. The highest BCUT2D eigenvalue weighted by Crippen LogP contribution is 2.34. The van der Waals surface area contributed by atoms with Crippen molar-refractivity contribution < 1.29 is 0 Å². The van der Waals surface area contributed by atoms with Gasteiger partial charge in [-0.25, -0.2) is 0 Å². The maximum Gasteiger partial charge on any atom is 0.0462 e. The van der Waals surface area contributed by atoms with Gasteiger partial charge in [0, 0.05) is 25.8 Å². The molecule has 4 heteroatoms. The SMILES string of the molecule is CNCc1c(Cl)cccc1Sc1cccc(Br)c1. The van der Waals surface area contributed by atoms with Crippen molar-refractivity contribution >= 4 is 39.3 Å². The van der Waals surface area contributed by atoms with Crippen LogP contribution in [0, 0.1) is 0 Å². The molecule has 0 aliphatic rings. The molecule has 2 rings (SSSR count). The summed E-state index contributed by atoms with van der Waals surface area (Å²) in [5.41, 5.74) is 1.15. The number of nitrogens with one attached hydrogen (secondary N) is 1. The van der Waals surface area contributed by atoms with Crippen molar-refractivity contribution in [2.45, 2.75) is 16.3 Å². The van der Waals surface area contributed by atoms with Crippen molar-refractivity contribution in [2.24, 2.45) is 0 Å². The number of benzene rings is 2. The minimum Gasteiger partial charge on any atom is -0.316 e. The van der Waals surface area contributed by atoms with Crippen molar-refractivity contribution in [1.82, 2.24) is 5.32 Å². The fourth-order valence-corrected chi connectivity index (χ4v) is 3.53. The first-order valence-electron chi connectivity index (χ1n) is 5.56. The average molecular weight is 343 g/mol. The monoisotopic (exact) mass is 341 g/mol. The van der Waals surface area contributed by atoms with E-state index in [4.69, 9.17) is 11.6 Å². The van der Waals surface area contributed by atoms with Gasteiger partial charge >= 0.3 is 0 Å². The standard InChI is InChI=1S/C14H13BrClNS/c1-17-9-12-13(16)6-3-7-14(12)18-11-5-2-4-10(15)8-11/h2-8,17H,9H2,1H3. The third-order valence-corrected chi connectivity index (χ3v) is 4.39. The molecule has 0 bridgehead atoms. The van der Waals surface area contributed by atoms with Gasteiger partial charge in [-0.15, -0.1) is 0 Å². The van der Waals surface area contributed by atoms with Gasteiger partial charge in [0.25, 0.3) is 0 Å². The second-order valence-electron chi connectivity index (χ2n) is 3.81. The number of halogens is 2. The maximum absolute atomic E-state index is 6.24. The van der Waals surface area contributed by atoms with E-state index in [2.05, 4.69) is 39.4 Å². The van der Waals surface area contributed by atoms with Gasteiger partial charge in [0.2, 0.25) is 0 Å². The first-order chi connectivity index (χ1) is 8.70. The molecular weight excluding hydrogens is 330 g/mol. The minimum absolute atomic E-state index is 0.774. The van der Waals surface area contributed by atoms with Crippen LogP contribution in [0.25, 0.3) is 0 Å². The Bertz CT molecular complexity index is 545. The molecule has 18 heavy (non-hydrogen) atoms. The molecule has 0 unspecified atom stereocenters. The second kappa shape index (κ2) is 6.62. The second-order valence-corrected chi connectivity index (χ2v) is 6.24. The van der Waals surface area contributed by atoms with Crippen molar-refractivity contribution in [1.29, 1.82) is 0 Å². The molecule has 0 aliphatic heterocycles. The molecule has 0 heterocycles. The highest BCUT2D eigenvalue weighted by molar-refractivity contribution is 9.10. The van der Waals surface area contributed by atoms with Crippen LogP contribution in [-0.4, -0.2) is 7.05 Å². The molecule has 0 atom stereocenters. The maximum atomic E-state index is 6.24. The van der Waals surface area contributed by atoms with Crippen molar-refractivity contribution in [3.05, 3.63) is 57.5 Å². The van der Waals surface area contributed by atoms with Gasteiger partial charge < -0.3 is 5.32 Å². The van der Waals surface area contributed by atoms with Crippen LogP contribution < -0.4 is 5.32 Å². The molecule has 0 amide bonds. The van der Waals surface area contributed by atoms with E-state index in [-0.39, 0.29) is 0 Å². The molecule has 0 spiro atoms. The lowest BCUT2D eigenvalue weighted by Gasteiger charge is -2.10. The van der Waals surface area contributed by atoms with Crippen LogP contribution >= 0.6 is 39.3 Å². The van der Waals surface area contributed by atoms with E-state index in [1.807, 2.05) is 31.3 Å². The lowest BCUT2D eigenvalue weighted by molar-refractivity contribution is 0.803. The lowest BCUT2D eigenvalue weighted by Crippen LogP contribution is -2.06. The minimum atomic E-state index is 0.774. The van der Waals surface area contributed by atoms with E-state index in [0.717, 1.165) is 21.6 Å². The summed E-state index contributed by atoms with van der Waals surface area (Å²) in [5, 5.41) is 3.96. The Labute approximate surface area is 125 Å². The molecule has 2 aromatic carbocycles. The Kier molecular flexibility index (Phi) is 5.13. The van der Waals surface area contributed by atoms with Gasteiger partial charge in [-0.1, -0.05) is 51.4 Å². The predicted molar refractivity (Wildman–Crippen MR) is 82.5 cm³/mol. The van der Waals surface area contributed by atoms with Crippen LogP contribution in [0.1, 0.15) is 5.56 Å². The Morgan fingerprint density at radius 3 is 2.72 bits per heavy atom. The topological polar surface area (TPSA) is 12.0 Å². The Morgan fingerprint density at radius 1 is 1.22 bits per heavy atom. The Hall–Kier alpha value is -0.480. The highest BCUT2D eigenvalue weighted by atomic mass is 79.9. The summed E-state index contributed by atoms with van der Waals surface area (Å²) in [6.07, 6.45) is 0. The smallest absolute Gasteiger partial charge is 0.0462 e. The predicted octanol–water partition coefficient (Wildman–Crippen LogP) is 4.97. The zero-order chi connectivity index (χ0) is 13.0. The summed E-state index contributed by atoms with van der Waals surface area (Å²) in [6.45, 7) is 0.774. The highest BCUT2D eigenvalue weighted by Gasteiger charge is 2.07. The third-order valence-electron chi connectivity index (χ3n) is 2.45. The van der Waals surface area contributed by atoms with E-state index < -0.39 is 0 Å².